The molecular weight excluding hydrogens is 548 g/mol. The third-order valence-corrected chi connectivity index (χ3v) is 9.59. The molecule has 1 aliphatic heterocycles. The molecule has 1 saturated carbocycles. The van der Waals surface area contributed by atoms with Crippen molar-refractivity contribution in [2.24, 2.45) is 5.92 Å². The van der Waals surface area contributed by atoms with Gasteiger partial charge in [-0.1, -0.05) is 44.2 Å². The lowest BCUT2D eigenvalue weighted by atomic mass is 9.98. The first-order valence-corrected chi connectivity index (χ1v) is 16.0. The molecule has 0 radical (unpaired) electrons. The van der Waals surface area contributed by atoms with E-state index in [9.17, 15) is 19.0 Å². The van der Waals surface area contributed by atoms with Crippen LogP contribution >= 0.6 is 23.2 Å². The Bertz CT molecular complexity index is 1100. The molecule has 2 fully saturated rings. The predicted molar refractivity (Wildman–Crippen MR) is 169 cm³/mol. The predicted octanol–water partition coefficient (Wildman–Crippen LogP) is 5.68. The van der Waals surface area contributed by atoms with E-state index in [1.165, 1.54) is 0 Å². The van der Waals surface area contributed by atoms with E-state index in [1.807, 2.05) is 43.3 Å². The van der Waals surface area contributed by atoms with Crippen molar-refractivity contribution >= 4 is 40.5 Å². The smallest absolute Gasteiger partial charge is 0.251 e. The van der Waals surface area contributed by atoms with Crippen molar-refractivity contribution < 1.29 is 19.0 Å². The second kappa shape index (κ2) is 14.2. The zero-order valence-electron chi connectivity index (χ0n) is 23.9. The van der Waals surface area contributed by atoms with Crippen molar-refractivity contribution in [1.29, 1.82) is 0 Å². The number of amides is 1. The van der Waals surface area contributed by atoms with E-state index in [4.69, 9.17) is 0 Å². The molecule has 0 aromatic heterocycles. The van der Waals surface area contributed by atoms with Gasteiger partial charge in [0.25, 0.3) is 5.91 Å². The van der Waals surface area contributed by atoms with Crippen molar-refractivity contribution in [3.63, 3.8) is 0 Å². The van der Waals surface area contributed by atoms with Crippen molar-refractivity contribution in [3.8, 4) is 0 Å². The van der Waals surface area contributed by atoms with Gasteiger partial charge < -0.3 is 21.1 Å². The average molecular weight is 595 g/mol. The second-order valence-electron chi connectivity index (χ2n) is 11.5. The summed E-state index contributed by atoms with van der Waals surface area (Å²) in [7, 11) is -2.93. The topological polar surface area (TPSA) is 117 Å². The Morgan fingerprint density at radius 3 is 2.45 bits per heavy atom. The highest BCUT2D eigenvalue weighted by molar-refractivity contribution is 8.25. The number of nitrogens with zero attached hydrogens (tertiary/aromatic N) is 1. The van der Waals surface area contributed by atoms with E-state index < -0.39 is 22.9 Å². The fourth-order valence-corrected chi connectivity index (χ4v) is 7.23. The number of halogens is 1. The minimum atomic E-state index is -2.93. The normalized spacial score (nSPS) is 19.7. The maximum atomic E-state index is 13.7. The molecule has 224 valence electrons. The zero-order chi connectivity index (χ0) is 28.0. The van der Waals surface area contributed by atoms with Crippen molar-refractivity contribution in [2.45, 2.75) is 77.0 Å². The van der Waals surface area contributed by atoms with Gasteiger partial charge in [0.05, 0.1) is 23.6 Å². The van der Waals surface area contributed by atoms with Crippen LogP contribution in [0.25, 0.3) is 0 Å². The molecule has 0 bridgehead atoms. The first kappa shape index (κ1) is 32.5. The van der Waals surface area contributed by atoms with Crippen LogP contribution in [-0.4, -0.2) is 63.2 Å². The summed E-state index contributed by atoms with van der Waals surface area (Å²) in [6.07, 6.45) is 4.66. The number of rotatable bonds is 13. The molecule has 6 N–H and O–H groups in total. The lowest BCUT2D eigenvalue weighted by molar-refractivity contribution is 0.0820. The van der Waals surface area contributed by atoms with E-state index in [-0.39, 0.29) is 23.9 Å². The molecule has 1 aliphatic carbocycles. The number of hydrogen-bond acceptors (Lipinski definition) is 7. The average Bonchev–Trinajstić information content (AvgIpc) is 3.66. The summed E-state index contributed by atoms with van der Waals surface area (Å²) in [5, 5.41) is 21.3. The number of aliphatic hydroxyl groups is 1. The number of β-amino-alcohol motifs (C(OH)–C–C–N with tert-alkyl or cyclic N) is 1. The zero-order valence-corrected chi connectivity index (χ0v) is 25.6. The van der Waals surface area contributed by atoms with E-state index in [0.29, 0.717) is 49.0 Å². The number of carbonyl (C=O) groups excluding carboxylic acids is 1. The SMILES string of the molecule is CCNc1cc(C(=O)N[C@@H](Cc2ccccc2)[C@@H](O)CNC2(CC(C)C)CC2)cc(N2CCCCS2(O)O)c1.Cl. The minimum absolute atomic E-state index is 0. The molecule has 2 atom stereocenters. The van der Waals surface area contributed by atoms with Gasteiger partial charge in [-0.15, -0.1) is 23.2 Å². The van der Waals surface area contributed by atoms with Gasteiger partial charge in [-0.05, 0) is 75.1 Å². The Kier molecular flexibility index (Phi) is 11.6. The summed E-state index contributed by atoms with van der Waals surface area (Å²) in [6, 6.07) is 14.8. The maximum Gasteiger partial charge on any atom is 0.251 e. The van der Waals surface area contributed by atoms with E-state index in [2.05, 4.69) is 29.8 Å². The molecule has 40 heavy (non-hydrogen) atoms. The molecule has 2 aliphatic rings. The van der Waals surface area contributed by atoms with Crippen molar-refractivity contribution in [3.05, 3.63) is 59.7 Å². The van der Waals surface area contributed by atoms with Gasteiger partial charge in [0.1, 0.15) is 0 Å². The molecular formula is C30H47ClN4O4S. The molecule has 1 heterocycles. The monoisotopic (exact) mass is 594 g/mol. The summed E-state index contributed by atoms with van der Waals surface area (Å²) in [4.78, 5) is 13.7. The number of anilines is 2. The minimum Gasteiger partial charge on any atom is -0.390 e. The van der Waals surface area contributed by atoms with Gasteiger partial charge in [0, 0.05) is 36.4 Å². The quantitative estimate of drug-likeness (QED) is 0.177. The third-order valence-electron chi connectivity index (χ3n) is 7.65. The summed E-state index contributed by atoms with van der Waals surface area (Å²) in [5.74, 6) is 0.609. The summed E-state index contributed by atoms with van der Waals surface area (Å²) >= 11 is 0. The van der Waals surface area contributed by atoms with E-state index >= 15 is 0 Å². The van der Waals surface area contributed by atoms with Crippen LogP contribution in [0.1, 0.15) is 68.8 Å². The van der Waals surface area contributed by atoms with E-state index in [1.54, 1.807) is 16.4 Å². The molecule has 1 amide bonds. The number of aliphatic hydroxyl groups excluding tert-OH is 1. The molecule has 4 rings (SSSR count). The lowest BCUT2D eigenvalue weighted by Crippen LogP contribution is -2.50. The molecule has 10 heteroatoms. The summed E-state index contributed by atoms with van der Waals surface area (Å²) < 4.78 is 23.1. The highest BCUT2D eigenvalue weighted by atomic mass is 35.5. The first-order valence-electron chi connectivity index (χ1n) is 14.3. The Hall–Kier alpha value is -2.01. The van der Waals surface area contributed by atoms with Gasteiger partial charge in [-0.25, -0.2) is 0 Å². The summed E-state index contributed by atoms with van der Waals surface area (Å²) in [5.41, 5.74) is 2.91. The number of hydrogen-bond donors (Lipinski definition) is 6. The molecule has 0 spiro atoms. The standard InChI is InChI=1S/C30H46N4O4S.ClH/c1-4-31-25-17-24(18-26(19-25)34-14-8-9-15-39(34,37)38)29(36)33-27(16-23-10-6-5-7-11-23)28(35)21-32-30(12-13-30)20-22(2)3;/h5-7,10-11,17-19,22,27-28,31-32,35,37-38H,4,8-9,12-16,20-21H2,1-3H3,(H,33,36);1H/t27-,28-;/m0./s1. The van der Waals surface area contributed by atoms with Crippen LogP contribution in [0, 0.1) is 5.92 Å². The van der Waals surface area contributed by atoms with Crippen LogP contribution in [0.3, 0.4) is 0 Å². The molecule has 2 aromatic carbocycles. The Balaban J connectivity index is 0.00000441. The van der Waals surface area contributed by atoms with Crippen LogP contribution in [-0.2, 0) is 6.42 Å². The van der Waals surface area contributed by atoms with Crippen LogP contribution in [0.5, 0.6) is 0 Å². The Morgan fingerprint density at radius 1 is 1.10 bits per heavy atom. The molecule has 1 saturated heterocycles. The molecule has 2 aromatic rings. The van der Waals surface area contributed by atoms with Crippen molar-refractivity contribution in [1.82, 2.24) is 10.6 Å². The lowest BCUT2D eigenvalue weighted by Gasteiger charge is -2.47. The van der Waals surface area contributed by atoms with Crippen LogP contribution in [0.15, 0.2) is 48.5 Å². The number of nitrogens with one attached hydrogen (secondary N) is 3. The molecule has 8 nitrogen and oxygen atoms in total. The van der Waals surface area contributed by atoms with Gasteiger partial charge in [-0.3, -0.25) is 18.2 Å². The van der Waals surface area contributed by atoms with Crippen molar-refractivity contribution in [2.75, 3.05) is 35.0 Å². The fraction of sp³-hybridized carbons (Fsp3) is 0.567. The van der Waals surface area contributed by atoms with E-state index in [0.717, 1.165) is 43.4 Å². The van der Waals surface area contributed by atoms with Crippen LogP contribution in [0.4, 0.5) is 11.4 Å². The van der Waals surface area contributed by atoms with Crippen LogP contribution in [0.2, 0.25) is 0 Å². The highest BCUT2D eigenvalue weighted by Crippen LogP contribution is 2.50. The first-order chi connectivity index (χ1) is 18.6. The van der Waals surface area contributed by atoms with Gasteiger partial charge in [-0.2, -0.15) is 0 Å². The Labute approximate surface area is 247 Å². The summed E-state index contributed by atoms with van der Waals surface area (Å²) in [6.45, 7) is 8.01. The largest absolute Gasteiger partial charge is 0.390 e. The number of benzene rings is 2. The molecule has 0 unspecified atom stereocenters. The Morgan fingerprint density at radius 2 is 1.82 bits per heavy atom. The maximum absolute atomic E-state index is 13.7. The van der Waals surface area contributed by atoms with Gasteiger partial charge in [0.15, 0.2) is 0 Å². The van der Waals surface area contributed by atoms with Crippen LogP contribution < -0.4 is 20.3 Å². The third kappa shape index (κ3) is 8.74. The van der Waals surface area contributed by atoms with Gasteiger partial charge in [0.2, 0.25) is 0 Å². The fourth-order valence-electron chi connectivity index (χ4n) is 5.55. The second-order valence-corrected chi connectivity index (χ2v) is 13.7. The highest BCUT2D eigenvalue weighted by Gasteiger charge is 2.43. The number of carbonyl (C=O) groups is 1. The van der Waals surface area contributed by atoms with Gasteiger partial charge >= 0.3 is 0 Å².